The number of methoxy groups -OCH3 is 1. The first kappa shape index (κ1) is 18.2. The van der Waals surface area contributed by atoms with Crippen LogP contribution in [0.3, 0.4) is 0 Å². The van der Waals surface area contributed by atoms with Crippen LogP contribution < -0.4 is 27.0 Å². The normalized spacial score (nSPS) is 10.8. The molecule has 27 heavy (non-hydrogen) atoms. The SMILES string of the molecule is COc1ccccc1NC(=O)c1c(N)nc2c(c1C)c(=O)n(C)c(=O)n2C. The van der Waals surface area contributed by atoms with Gasteiger partial charge in [0.2, 0.25) is 0 Å². The molecule has 3 N–H and O–H groups in total. The molecule has 0 fully saturated rings. The van der Waals surface area contributed by atoms with E-state index in [-0.39, 0.29) is 22.4 Å². The molecule has 0 radical (unpaired) electrons. The number of para-hydroxylation sites is 2. The molecule has 1 aromatic carbocycles. The van der Waals surface area contributed by atoms with Crippen molar-refractivity contribution in [3.8, 4) is 5.75 Å². The largest absolute Gasteiger partial charge is 0.495 e. The molecule has 9 nitrogen and oxygen atoms in total. The number of carbonyl (C=O) groups is 1. The number of nitrogen functional groups attached to an aromatic ring is 1. The molecule has 0 aliphatic carbocycles. The molecule has 0 atom stereocenters. The van der Waals surface area contributed by atoms with Crippen molar-refractivity contribution in [2.75, 3.05) is 18.2 Å². The summed E-state index contributed by atoms with van der Waals surface area (Å²) in [5.41, 5.74) is 5.94. The highest BCUT2D eigenvalue weighted by molar-refractivity contribution is 6.11. The number of anilines is 2. The van der Waals surface area contributed by atoms with Crippen LogP contribution in [-0.2, 0) is 14.1 Å². The van der Waals surface area contributed by atoms with Crippen molar-refractivity contribution in [2.24, 2.45) is 14.1 Å². The molecule has 0 saturated heterocycles. The Morgan fingerprint density at radius 1 is 1.19 bits per heavy atom. The van der Waals surface area contributed by atoms with Crippen molar-refractivity contribution >= 4 is 28.4 Å². The zero-order chi connectivity index (χ0) is 19.9. The quantitative estimate of drug-likeness (QED) is 0.704. The number of carbonyl (C=O) groups excluding carboxylic acids is 1. The van der Waals surface area contributed by atoms with Gasteiger partial charge in [0.1, 0.15) is 11.6 Å². The monoisotopic (exact) mass is 369 g/mol. The van der Waals surface area contributed by atoms with Crippen LogP contribution in [0.25, 0.3) is 11.0 Å². The molecule has 2 aromatic heterocycles. The number of nitrogens with one attached hydrogen (secondary N) is 1. The third kappa shape index (κ3) is 2.82. The Balaban J connectivity index is 2.22. The molecule has 0 spiro atoms. The number of benzene rings is 1. The fourth-order valence-corrected chi connectivity index (χ4v) is 3.00. The highest BCUT2D eigenvalue weighted by Gasteiger charge is 2.22. The molecule has 3 rings (SSSR count). The van der Waals surface area contributed by atoms with E-state index in [0.29, 0.717) is 17.0 Å². The first-order valence-electron chi connectivity index (χ1n) is 8.08. The lowest BCUT2D eigenvalue weighted by Gasteiger charge is -2.15. The number of hydrogen-bond donors (Lipinski definition) is 2. The van der Waals surface area contributed by atoms with E-state index in [0.717, 1.165) is 4.57 Å². The highest BCUT2D eigenvalue weighted by Crippen LogP contribution is 2.26. The second kappa shape index (κ2) is 6.60. The van der Waals surface area contributed by atoms with Gasteiger partial charge in [-0.15, -0.1) is 0 Å². The Kier molecular flexibility index (Phi) is 4.44. The first-order valence-corrected chi connectivity index (χ1v) is 8.08. The van der Waals surface area contributed by atoms with E-state index in [4.69, 9.17) is 10.5 Å². The first-order chi connectivity index (χ1) is 12.8. The van der Waals surface area contributed by atoms with E-state index in [1.807, 2.05) is 0 Å². The Hall–Kier alpha value is -3.62. The summed E-state index contributed by atoms with van der Waals surface area (Å²) in [5.74, 6) is -0.121. The van der Waals surface area contributed by atoms with Gasteiger partial charge >= 0.3 is 5.69 Å². The van der Waals surface area contributed by atoms with E-state index < -0.39 is 17.2 Å². The standard InChI is InChI=1S/C18H19N5O4/c1-9-12(16(24)20-10-7-5-6-8-11(10)27-4)14(19)21-15-13(9)17(25)23(3)18(26)22(15)2/h5-8H,1-4H3,(H2,19,21)(H,20,24). The maximum absolute atomic E-state index is 12.9. The van der Waals surface area contributed by atoms with Crippen molar-refractivity contribution in [2.45, 2.75) is 6.92 Å². The van der Waals surface area contributed by atoms with Gasteiger partial charge in [0.05, 0.1) is 23.7 Å². The van der Waals surface area contributed by atoms with Crippen LogP contribution in [0, 0.1) is 6.92 Å². The fraction of sp³-hybridized carbons (Fsp3) is 0.222. The van der Waals surface area contributed by atoms with Crippen LogP contribution >= 0.6 is 0 Å². The Bertz CT molecular complexity index is 1190. The zero-order valence-corrected chi connectivity index (χ0v) is 15.4. The molecule has 0 aliphatic rings. The van der Waals surface area contributed by atoms with E-state index in [1.54, 1.807) is 31.2 Å². The summed E-state index contributed by atoms with van der Waals surface area (Å²) in [7, 11) is 4.35. The maximum atomic E-state index is 12.9. The molecule has 0 saturated carbocycles. The zero-order valence-electron chi connectivity index (χ0n) is 15.4. The van der Waals surface area contributed by atoms with Crippen LogP contribution in [0.2, 0.25) is 0 Å². The van der Waals surface area contributed by atoms with Crippen LogP contribution in [0.1, 0.15) is 15.9 Å². The van der Waals surface area contributed by atoms with Crippen LogP contribution in [0.4, 0.5) is 11.5 Å². The third-order valence-electron chi connectivity index (χ3n) is 4.45. The number of nitrogens with zero attached hydrogens (tertiary/aromatic N) is 3. The Labute approximate surface area is 154 Å². The number of fused-ring (bicyclic) bond motifs is 1. The molecular formula is C18H19N5O4. The number of hydrogen-bond acceptors (Lipinski definition) is 6. The van der Waals surface area contributed by atoms with Crippen molar-refractivity contribution in [1.29, 1.82) is 0 Å². The highest BCUT2D eigenvalue weighted by atomic mass is 16.5. The number of rotatable bonds is 3. The van der Waals surface area contributed by atoms with Gasteiger partial charge in [-0.1, -0.05) is 12.1 Å². The van der Waals surface area contributed by atoms with Gasteiger partial charge in [0, 0.05) is 14.1 Å². The van der Waals surface area contributed by atoms with Gasteiger partial charge in [-0.25, -0.2) is 9.78 Å². The van der Waals surface area contributed by atoms with Gasteiger partial charge in [0.15, 0.2) is 5.65 Å². The fourth-order valence-electron chi connectivity index (χ4n) is 3.00. The minimum atomic E-state index is -0.538. The maximum Gasteiger partial charge on any atom is 0.332 e. The van der Waals surface area contributed by atoms with E-state index in [9.17, 15) is 14.4 Å². The number of aromatic nitrogens is 3. The Morgan fingerprint density at radius 2 is 1.85 bits per heavy atom. The summed E-state index contributed by atoms with van der Waals surface area (Å²) in [4.78, 5) is 41.7. The minimum Gasteiger partial charge on any atom is -0.495 e. The summed E-state index contributed by atoms with van der Waals surface area (Å²) in [6, 6.07) is 6.91. The van der Waals surface area contributed by atoms with Crippen molar-refractivity contribution < 1.29 is 9.53 Å². The van der Waals surface area contributed by atoms with Gasteiger partial charge in [-0.3, -0.25) is 18.7 Å². The van der Waals surface area contributed by atoms with Crippen molar-refractivity contribution in [3.63, 3.8) is 0 Å². The summed E-state index contributed by atoms with van der Waals surface area (Å²) in [6.07, 6.45) is 0. The minimum absolute atomic E-state index is 0.0733. The lowest BCUT2D eigenvalue weighted by molar-refractivity contribution is 0.102. The van der Waals surface area contributed by atoms with Gasteiger partial charge in [0.25, 0.3) is 11.5 Å². The number of nitrogens with two attached hydrogens (primary N) is 1. The predicted octanol–water partition coefficient (Wildman–Crippen LogP) is 0.784. The molecule has 2 heterocycles. The smallest absolute Gasteiger partial charge is 0.332 e. The number of ether oxygens (including phenoxy) is 1. The van der Waals surface area contributed by atoms with E-state index in [1.165, 1.54) is 25.8 Å². The number of pyridine rings is 1. The van der Waals surface area contributed by atoms with E-state index in [2.05, 4.69) is 10.3 Å². The molecule has 140 valence electrons. The average Bonchev–Trinajstić information content (AvgIpc) is 2.64. The molecule has 3 aromatic rings. The Morgan fingerprint density at radius 3 is 2.52 bits per heavy atom. The molecule has 0 aliphatic heterocycles. The summed E-state index contributed by atoms with van der Waals surface area (Å²) >= 11 is 0. The topological polar surface area (TPSA) is 121 Å². The molecular weight excluding hydrogens is 350 g/mol. The lowest BCUT2D eigenvalue weighted by atomic mass is 10.1. The molecule has 1 amide bonds. The van der Waals surface area contributed by atoms with Crippen LogP contribution in [-0.4, -0.2) is 27.1 Å². The summed E-state index contributed by atoms with van der Waals surface area (Å²) < 4.78 is 7.42. The van der Waals surface area contributed by atoms with E-state index >= 15 is 0 Å². The second-order valence-corrected chi connectivity index (χ2v) is 6.06. The predicted molar refractivity (Wildman–Crippen MR) is 102 cm³/mol. The van der Waals surface area contributed by atoms with Crippen LogP contribution in [0.5, 0.6) is 5.75 Å². The summed E-state index contributed by atoms with van der Waals surface area (Å²) in [5, 5.41) is 2.89. The van der Waals surface area contributed by atoms with Gasteiger partial charge < -0.3 is 15.8 Å². The molecule has 9 heteroatoms. The number of aryl methyl sites for hydroxylation is 2. The third-order valence-corrected chi connectivity index (χ3v) is 4.45. The lowest BCUT2D eigenvalue weighted by Crippen LogP contribution is -2.38. The van der Waals surface area contributed by atoms with Gasteiger partial charge in [-0.2, -0.15) is 0 Å². The molecule has 0 unspecified atom stereocenters. The number of amides is 1. The van der Waals surface area contributed by atoms with Crippen molar-refractivity contribution in [1.82, 2.24) is 14.1 Å². The van der Waals surface area contributed by atoms with Gasteiger partial charge in [-0.05, 0) is 24.6 Å². The van der Waals surface area contributed by atoms with Crippen LogP contribution in [0.15, 0.2) is 33.9 Å². The van der Waals surface area contributed by atoms with Crippen molar-refractivity contribution in [3.05, 3.63) is 56.2 Å². The molecule has 0 bridgehead atoms. The second-order valence-electron chi connectivity index (χ2n) is 6.06. The average molecular weight is 369 g/mol. The summed E-state index contributed by atoms with van der Waals surface area (Å²) in [6.45, 7) is 1.60.